The molecule has 2 amide bonds. The predicted octanol–water partition coefficient (Wildman–Crippen LogP) is 3.25. The van der Waals surface area contributed by atoms with Gasteiger partial charge in [0.2, 0.25) is 11.1 Å². The van der Waals surface area contributed by atoms with Crippen molar-refractivity contribution >= 4 is 35.0 Å². The van der Waals surface area contributed by atoms with Crippen molar-refractivity contribution in [3.63, 3.8) is 0 Å². The van der Waals surface area contributed by atoms with E-state index < -0.39 is 0 Å². The van der Waals surface area contributed by atoms with Gasteiger partial charge in [-0.2, -0.15) is 0 Å². The lowest BCUT2D eigenvalue weighted by atomic mass is 10.1. The molecule has 3 aromatic rings. The Kier molecular flexibility index (Phi) is 6.60. The van der Waals surface area contributed by atoms with Gasteiger partial charge in [-0.25, -0.2) is 4.68 Å². The first kappa shape index (κ1) is 21.7. The van der Waals surface area contributed by atoms with Crippen molar-refractivity contribution in [3.05, 3.63) is 59.9 Å². The van der Waals surface area contributed by atoms with Gasteiger partial charge in [-0.05, 0) is 56.2 Å². The van der Waals surface area contributed by atoms with Crippen molar-refractivity contribution in [2.75, 3.05) is 28.8 Å². The highest BCUT2D eigenvalue weighted by Gasteiger charge is 2.30. The van der Waals surface area contributed by atoms with Gasteiger partial charge in [0.05, 0.1) is 23.6 Å². The van der Waals surface area contributed by atoms with Crippen molar-refractivity contribution < 1.29 is 14.3 Å². The van der Waals surface area contributed by atoms with Crippen LogP contribution in [0.2, 0.25) is 0 Å². The molecule has 10 heteroatoms. The van der Waals surface area contributed by atoms with Crippen LogP contribution in [0.5, 0.6) is 5.75 Å². The van der Waals surface area contributed by atoms with Crippen LogP contribution in [0.1, 0.15) is 41.9 Å². The molecule has 0 bridgehead atoms. The average Bonchev–Trinajstić information content (AvgIpc) is 3.57. The number of nitrogens with two attached hydrogens (primary N) is 1. The van der Waals surface area contributed by atoms with Gasteiger partial charge in [0, 0.05) is 11.6 Å². The van der Waals surface area contributed by atoms with Crippen LogP contribution in [0, 0.1) is 0 Å². The van der Waals surface area contributed by atoms with Gasteiger partial charge < -0.3 is 21.2 Å². The monoisotopic (exact) mass is 452 g/mol. The minimum atomic E-state index is -0.325. The summed E-state index contributed by atoms with van der Waals surface area (Å²) in [5, 5.41) is 14.3. The van der Waals surface area contributed by atoms with Crippen LogP contribution in [-0.4, -0.2) is 39.0 Å². The number of hydrogen-bond donors (Lipinski definition) is 3. The number of thioether (sulfide) groups is 1. The number of benzene rings is 2. The molecule has 1 aliphatic carbocycles. The van der Waals surface area contributed by atoms with Crippen LogP contribution in [0.25, 0.3) is 0 Å². The van der Waals surface area contributed by atoms with Gasteiger partial charge in [-0.3, -0.25) is 9.59 Å². The van der Waals surface area contributed by atoms with E-state index in [9.17, 15) is 9.59 Å². The Morgan fingerprint density at radius 1 is 1.12 bits per heavy atom. The summed E-state index contributed by atoms with van der Waals surface area (Å²) in [7, 11) is 0. The molecule has 0 atom stereocenters. The van der Waals surface area contributed by atoms with E-state index in [0.29, 0.717) is 34.6 Å². The van der Waals surface area contributed by atoms with E-state index in [1.165, 1.54) is 16.4 Å². The minimum absolute atomic E-state index is 0.0921. The number of para-hydroxylation sites is 1. The molecule has 9 nitrogen and oxygen atoms in total. The molecular weight excluding hydrogens is 428 g/mol. The molecule has 0 aliphatic heterocycles. The second kappa shape index (κ2) is 9.73. The highest BCUT2D eigenvalue weighted by Crippen LogP contribution is 2.39. The maximum Gasteiger partial charge on any atom is 0.257 e. The number of rotatable bonds is 9. The van der Waals surface area contributed by atoms with Gasteiger partial charge in [0.1, 0.15) is 5.75 Å². The maximum atomic E-state index is 12.8. The minimum Gasteiger partial charge on any atom is -0.494 e. The summed E-state index contributed by atoms with van der Waals surface area (Å²) >= 11 is 1.20. The summed E-state index contributed by atoms with van der Waals surface area (Å²) in [5.74, 6) is 7.38. The summed E-state index contributed by atoms with van der Waals surface area (Å²) in [6.07, 6.45) is 2.13. The van der Waals surface area contributed by atoms with Gasteiger partial charge in [-0.15, -0.1) is 10.2 Å². The first-order valence-corrected chi connectivity index (χ1v) is 11.3. The number of carbonyl (C=O) groups is 2. The Morgan fingerprint density at radius 3 is 2.59 bits per heavy atom. The molecule has 166 valence electrons. The van der Waals surface area contributed by atoms with E-state index in [0.717, 1.165) is 24.4 Å². The molecule has 1 heterocycles. The molecule has 0 unspecified atom stereocenters. The normalized spacial score (nSPS) is 12.9. The predicted molar refractivity (Wildman–Crippen MR) is 124 cm³/mol. The van der Waals surface area contributed by atoms with Gasteiger partial charge in [0.15, 0.2) is 5.82 Å². The van der Waals surface area contributed by atoms with Gasteiger partial charge in [-0.1, -0.05) is 23.9 Å². The van der Waals surface area contributed by atoms with Crippen LogP contribution < -0.4 is 21.2 Å². The second-order valence-electron chi connectivity index (χ2n) is 7.28. The molecule has 4 rings (SSSR count). The lowest BCUT2D eigenvalue weighted by Gasteiger charge is -2.12. The summed E-state index contributed by atoms with van der Waals surface area (Å²) in [4.78, 5) is 25.3. The van der Waals surface area contributed by atoms with E-state index >= 15 is 0 Å². The Labute approximate surface area is 189 Å². The second-order valence-corrected chi connectivity index (χ2v) is 8.22. The number of carbonyl (C=O) groups excluding carboxylic acids is 2. The zero-order valence-corrected chi connectivity index (χ0v) is 18.4. The number of nitrogen functional groups attached to an aromatic ring is 1. The quantitative estimate of drug-likeness (QED) is 0.336. The fourth-order valence-electron chi connectivity index (χ4n) is 3.11. The first-order chi connectivity index (χ1) is 15.5. The zero-order chi connectivity index (χ0) is 22.5. The third-order valence-corrected chi connectivity index (χ3v) is 5.78. The largest absolute Gasteiger partial charge is 0.494 e. The fraction of sp³-hybridized carbons (Fsp3) is 0.273. The molecule has 1 aromatic heterocycles. The summed E-state index contributed by atoms with van der Waals surface area (Å²) < 4.78 is 6.86. The van der Waals surface area contributed by atoms with E-state index in [-0.39, 0.29) is 17.6 Å². The SMILES string of the molecule is CCOc1ccc(NC(=O)c2ccccc2NC(=O)CSc2nnc(C3CC3)n2N)cc1. The maximum absolute atomic E-state index is 12.8. The highest BCUT2D eigenvalue weighted by atomic mass is 32.2. The molecule has 1 fully saturated rings. The van der Waals surface area contributed by atoms with Crippen molar-refractivity contribution in [2.24, 2.45) is 0 Å². The molecule has 32 heavy (non-hydrogen) atoms. The van der Waals surface area contributed by atoms with Crippen molar-refractivity contribution in [3.8, 4) is 5.75 Å². The van der Waals surface area contributed by atoms with Crippen LogP contribution in [-0.2, 0) is 4.79 Å². The van der Waals surface area contributed by atoms with Crippen molar-refractivity contribution in [2.45, 2.75) is 30.8 Å². The first-order valence-electron chi connectivity index (χ1n) is 10.3. The van der Waals surface area contributed by atoms with Crippen LogP contribution in [0.4, 0.5) is 11.4 Å². The molecule has 1 saturated carbocycles. The number of aromatic nitrogens is 3. The highest BCUT2D eigenvalue weighted by molar-refractivity contribution is 7.99. The average molecular weight is 453 g/mol. The number of amides is 2. The Bertz CT molecular complexity index is 1110. The standard InChI is InChI=1S/C22H24N6O3S/c1-2-31-16-11-9-15(10-12-16)24-21(30)17-5-3-4-6-18(17)25-19(29)13-32-22-27-26-20(28(22)23)14-7-8-14/h3-6,9-12,14H,2,7-8,13,23H2,1H3,(H,24,30)(H,25,29). The van der Waals surface area contributed by atoms with Crippen molar-refractivity contribution in [1.29, 1.82) is 0 Å². The van der Waals surface area contributed by atoms with Gasteiger partial charge in [0.25, 0.3) is 5.91 Å². The third kappa shape index (κ3) is 5.20. The Hall–Kier alpha value is -3.53. The van der Waals surface area contributed by atoms with E-state index in [4.69, 9.17) is 10.6 Å². The molecule has 4 N–H and O–H groups in total. The van der Waals surface area contributed by atoms with E-state index in [1.54, 1.807) is 48.5 Å². The fourth-order valence-corrected chi connectivity index (χ4v) is 3.78. The molecule has 1 aliphatic rings. The topological polar surface area (TPSA) is 124 Å². The molecule has 0 radical (unpaired) electrons. The number of anilines is 2. The lowest BCUT2D eigenvalue weighted by molar-refractivity contribution is -0.113. The number of nitrogens with one attached hydrogen (secondary N) is 2. The van der Waals surface area contributed by atoms with Crippen molar-refractivity contribution in [1.82, 2.24) is 14.9 Å². The molecular formula is C22H24N6O3S. The van der Waals surface area contributed by atoms with E-state index in [1.807, 2.05) is 6.92 Å². The van der Waals surface area contributed by atoms with Crippen LogP contribution >= 0.6 is 11.8 Å². The third-order valence-electron chi connectivity index (χ3n) is 4.83. The summed E-state index contributed by atoms with van der Waals surface area (Å²) in [6, 6.07) is 13.9. The zero-order valence-electron chi connectivity index (χ0n) is 17.6. The number of hydrogen-bond acceptors (Lipinski definition) is 7. The number of nitrogens with zero attached hydrogens (tertiary/aromatic N) is 3. The summed E-state index contributed by atoms with van der Waals surface area (Å²) in [6.45, 7) is 2.48. The Morgan fingerprint density at radius 2 is 1.88 bits per heavy atom. The Balaban J connectivity index is 1.37. The van der Waals surface area contributed by atoms with Crippen LogP contribution in [0.3, 0.4) is 0 Å². The smallest absolute Gasteiger partial charge is 0.257 e. The number of ether oxygens (including phenoxy) is 1. The van der Waals surface area contributed by atoms with E-state index in [2.05, 4.69) is 20.8 Å². The molecule has 0 spiro atoms. The van der Waals surface area contributed by atoms with Crippen LogP contribution in [0.15, 0.2) is 53.7 Å². The van der Waals surface area contributed by atoms with Gasteiger partial charge >= 0.3 is 0 Å². The lowest BCUT2D eigenvalue weighted by Crippen LogP contribution is -2.20. The molecule has 2 aromatic carbocycles. The summed E-state index contributed by atoms with van der Waals surface area (Å²) in [5.41, 5.74) is 1.41. The molecule has 0 saturated heterocycles.